The van der Waals surface area contributed by atoms with Crippen LogP contribution in [-0.4, -0.2) is 72.1 Å². The van der Waals surface area contributed by atoms with Crippen LogP contribution in [0.25, 0.3) is 0 Å². The van der Waals surface area contributed by atoms with Crippen molar-refractivity contribution in [2.45, 2.75) is 24.7 Å². The Morgan fingerprint density at radius 3 is 2.52 bits per heavy atom. The third-order valence-corrected chi connectivity index (χ3v) is 3.97. The van der Waals surface area contributed by atoms with Gasteiger partial charge in [-0.2, -0.15) is 13.2 Å². The van der Waals surface area contributed by atoms with E-state index in [1.165, 1.54) is 4.90 Å². The Bertz CT molecular complexity index is 550. The summed E-state index contributed by atoms with van der Waals surface area (Å²) in [5.74, 6) is -1.66. The second-order valence-corrected chi connectivity index (χ2v) is 5.67. The fourth-order valence-electron chi connectivity index (χ4n) is 2.62. The SMILES string of the molecule is CO[C@H]1C[C@@H](CN(C)C(=O)c2cnc(C(F)(F)F)nc2)N(C)C1. The molecule has 1 amide bonds. The molecule has 23 heavy (non-hydrogen) atoms. The lowest BCUT2D eigenvalue weighted by Gasteiger charge is -2.25. The molecule has 2 heterocycles. The van der Waals surface area contributed by atoms with Crippen molar-refractivity contribution in [1.29, 1.82) is 0 Å². The molecule has 0 aliphatic carbocycles. The normalized spacial score (nSPS) is 22.3. The maximum atomic E-state index is 12.4. The van der Waals surface area contributed by atoms with Gasteiger partial charge in [0.2, 0.25) is 5.82 Å². The van der Waals surface area contributed by atoms with Gasteiger partial charge in [-0.05, 0) is 13.5 Å². The molecule has 0 N–H and O–H groups in total. The smallest absolute Gasteiger partial charge is 0.380 e. The van der Waals surface area contributed by atoms with E-state index in [1.807, 2.05) is 7.05 Å². The van der Waals surface area contributed by atoms with Gasteiger partial charge in [-0.3, -0.25) is 9.69 Å². The van der Waals surface area contributed by atoms with Crippen LogP contribution in [0.4, 0.5) is 13.2 Å². The fraction of sp³-hybridized carbons (Fsp3) is 0.643. The topological polar surface area (TPSA) is 58.6 Å². The number of ether oxygens (including phenoxy) is 1. The Balaban J connectivity index is 2.00. The van der Waals surface area contributed by atoms with E-state index in [0.29, 0.717) is 6.54 Å². The highest BCUT2D eigenvalue weighted by Crippen LogP contribution is 2.25. The predicted molar refractivity (Wildman–Crippen MR) is 75.8 cm³/mol. The maximum Gasteiger partial charge on any atom is 0.451 e. The molecule has 2 atom stereocenters. The van der Waals surface area contributed by atoms with E-state index < -0.39 is 17.9 Å². The van der Waals surface area contributed by atoms with Crippen molar-refractivity contribution in [2.75, 3.05) is 34.3 Å². The minimum atomic E-state index is -4.62. The van der Waals surface area contributed by atoms with E-state index in [2.05, 4.69) is 14.9 Å². The summed E-state index contributed by atoms with van der Waals surface area (Å²) in [7, 11) is 5.20. The van der Waals surface area contributed by atoms with Gasteiger partial charge in [0.25, 0.3) is 5.91 Å². The first-order valence-electron chi connectivity index (χ1n) is 7.10. The van der Waals surface area contributed by atoms with Crippen molar-refractivity contribution >= 4 is 5.91 Å². The molecule has 0 radical (unpaired) electrons. The lowest BCUT2D eigenvalue weighted by Crippen LogP contribution is -2.39. The van der Waals surface area contributed by atoms with Crippen molar-refractivity contribution in [1.82, 2.24) is 19.8 Å². The molecule has 1 aromatic rings. The summed E-state index contributed by atoms with van der Waals surface area (Å²) in [5.41, 5.74) is 0.0319. The zero-order valence-corrected chi connectivity index (χ0v) is 13.2. The lowest BCUT2D eigenvalue weighted by atomic mass is 10.2. The monoisotopic (exact) mass is 332 g/mol. The first-order chi connectivity index (χ1) is 10.7. The number of methoxy groups -OCH3 is 1. The molecule has 1 aromatic heterocycles. The summed E-state index contributed by atoms with van der Waals surface area (Å²) >= 11 is 0. The maximum absolute atomic E-state index is 12.4. The molecule has 0 bridgehead atoms. The van der Waals surface area contributed by atoms with Gasteiger partial charge in [0, 0.05) is 45.7 Å². The van der Waals surface area contributed by atoms with Crippen LogP contribution in [0.2, 0.25) is 0 Å². The van der Waals surface area contributed by atoms with Crippen molar-refractivity contribution in [2.24, 2.45) is 0 Å². The third kappa shape index (κ3) is 4.17. The summed E-state index contributed by atoms with van der Waals surface area (Å²) in [6, 6.07) is 0.143. The first-order valence-corrected chi connectivity index (χ1v) is 7.10. The Morgan fingerprint density at radius 2 is 2.04 bits per heavy atom. The van der Waals surface area contributed by atoms with Crippen LogP contribution in [-0.2, 0) is 10.9 Å². The Morgan fingerprint density at radius 1 is 1.43 bits per heavy atom. The molecular weight excluding hydrogens is 313 g/mol. The van der Waals surface area contributed by atoms with Crippen LogP contribution in [0.15, 0.2) is 12.4 Å². The highest BCUT2D eigenvalue weighted by molar-refractivity contribution is 5.93. The number of alkyl halides is 3. The number of likely N-dealkylation sites (tertiary alicyclic amines) is 1. The summed E-state index contributed by atoms with van der Waals surface area (Å²) in [6.07, 6.45) is -1.87. The Hall–Kier alpha value is -1.74. The second-order valence-electron chi connectivity index (χ2n) is 5.67. The zero-order chi connectivity index (χ0) is 17.2. The van der Waals surface area contributed by atoms with Gasteiger partial charge >= 0.3 is 6.18 Å². The van der Waals surface area contributed by atoms with E-state index in [0.717, 1.165) is 25.4 Å². The Kier molecular flexibility index (Phi) is 5.20. The van der Waals surface area contributed by atoms with Gasteiger partial charge in [-0.1, -0.05) is 0 Å². The van der Waals surface area contributed by atoms with E-state index >= 15 is 0 Å². The van der Waals surface area contributed by atoms with E-state index in [4.69, 9.17) is 4.74 Å². The molecule has 1 aliphatic rings. The minimum Gasteiger partial charge on any atom is -0.380 e. The summed E-state index contributed by atoms with van der Waals surface area (Å²) in [5, 5.41) is 0. The van der Waals surface area contributed by atoms with Gasteiger partial charge < -0.3 is 9.64 Å². The van der Waals surface area contributed by atoms with Gasteiger partial charge in [0.15, 0.2) is 0 Å². The van der Waals surface area contributed by atoms with Gasteiger partial charge in [-0.25, -0.2) is 9.97 Å². The molecule has 2 rings (SSSR count). The van der Waals surface area contributed by atoms with Crippen molar-refractivity contribution in [3.05, 3.63) is 23.8 Å². The largest absolute Gasteiger partial charge is 0.451 e. The third-order valence-electron chi connectivity index (χ3n) is 3.97. The lowest BCUT2D eigenvalue weighted by molar-refractivity contribution is -0.145. The summed E-state index contributed by atoms with van der Waals surface area (Å²) < 4.78 is 42.6. The number of likely N-dealkylation sites (N-methyl/N-ethyl adjacent to an activating group) is 2. The zero-order valence-electron chi connectivity index (χ0n) is 13.2. The van der Waals surface area contributed by atoms with Crippen LogP contribution in [0.3, 0.4) is 0 Å². The number of carbonyl (C=O) groups excluding carboxylic acids is 1. The number of amides is 1. The first kappa shape index (κ1) is 17.6. The van der Waals surface area contributed by atoms with E-state index in [1.54, 1.807) is 14.2 Å². The molecule has 1 saturated heterocycles. The molecule has 1 fully saturated rings. The highest BCUT2D eigenvalue weighted by atomic mass is 19.4. The number of hydrogen-bond donors (Lipinski definition) is 0. The van der Waals surface area contributed by atoms with Crippen LogP contribution in [0.5, 0.6) is 0 Å². The van der Waals surface area contributed by atoms with Crippen LogP contribution in [0.1, 0.15) is 22.6 Å². The second kappa shape index (κ2) is 6.79. The molecular formula is C14H19F3N4O2. The molecule has 6 nitrogen and oxygen atoms in total. The number of nitrogens with zero attached hydrogens (tertiary/aromatic N) is 4. The van der Waals surface area contributed by atoms with Crippen LogP contribution >= 0.6 is 0 Å². The number of rotatable bonds is 4. The summed E-state index contributed by atoms with van der Waals surface area (Å²) in [4.78, 5) is 22.3. The standard InChI is InChI=1S/C14H19F3N4O2/c1-20-8-11(23-3)4-10(20)7-21(2)12(22)9-5-18-13(19-6-9)14(15,16)17/h5-6,10-11H,4,7-8H2,1-3H3/t10-,11-/m0/s1. The highest BCUT2D eigenvalue weighted by Gasteiger charge is 2.35. The quantitative estimate of drug-likeness (QED) is 0.831. The average molecular weight is 332 g/mol. The molecule has 0 unspecified atom stereocenters. The molecule has 0 aromatic carbocycles. The number of hydrogen-bond acceptors (Lipinski definition) is 5. The van der Waals surface area contributed by atoms with Crippen LogP contribution in [0, 0.1) is 0 Å². The van der Waals surface area contributed by atoms with Gasteiger partial charge in [0.1, 0.15) is 0 Å². The molecule has 1 aliphatic heterocycles. The number of aromatic nitrogens is 2. The Labute approximate surface area is 132 Å². The number of halogens is 3. The van der Waals surface area contributed by atoms with Crippen molar-refractivity contribution in [3.63, 3.8) is 0 Å². The average Bonchev–Trinajstić information content (AvgIpc) is 2.86. The molecule has 0 saturated carbocycles. The van der Waals surface area contributed by atoms with E-state index in [9.17, 15) is 18.0 Å². The molecule has 128 valence electrons. The molecule has 0 spiro atoms. The van der Waals surface area contributed by atoms with Gasteiger partial charge in [-0.15, -0.1) is 0 Å². The van der Waals surface area contributed by atoms with Crippen LogP contribution < -0.4 is 0 Å². The van der Waals surface area contributed by atoms with Crippen molar-refractivity contribution < 1.29 is 22.7 Å². The van der Waals surface area contributed by atoms with Crippen molar-refractivity contribution in [3.8, 4) is 0 Å². The van der Waals surface area contributed by atoms with Gasteiger partial charge in [0.05, 0.1) is 11.7 Å². The number of carbonyl (C=O) groups is 1. The minimum absolute atomic E-state index is 0.0319. The summed E-state index contributed by atoms with van der Waals surface area (Å²) in [6.45, 7) is 1.24. The van der Waals surface area contributed by atoms with E-state index in [-0.39, 0.29) is 17.7 Å². The predicted octanol–water partition coefficient (Wildman–Crippen LogP) is 1.29. The fourth-order valence-corrected chi connectivity index (χ4v) is 2.62. The molecule has 9 heteroatoms.